The van der Waals surface area contributed by atoms with E-state index in [1.54, 1.807) is 14.1 Å². The van der Waals surface area contributed by atoms with Gasteiger partial charge in [-0.25, -0.2) is 0 Å². The predicted molar refractivity (Wildman–Crippen MR) is 54.9 cm³/mol. The highest BCUT2D eigenvalue weighted by atomic mass is 16.5. The van der Waals surface area contributed by atoms with E-state index in [-0.39, 0.29) is 10.2 Å². The van der Waals surface area contributed by atoms with Crippen molar-refractivity contribution < 1.29 is 4.65 Å². The molecule has 0 saturated heterocycles. The maximum Gasteiger partial charge on any atom is 0.118 e. The van der Waals surface area contributed by atoms with Crippen molar-refractivity contribution in [1.29, 1.82) is 0 Å². The van der Waals surface area contributed by atoms with E-state index in [0.717, 1.165) is 5.56 Å². The first-order valence-electron chi connectivity index (χ1n) is 4.46. The van der Waals surface area contributed by atoms with E-state index in [2.05, 4.69) is 0 Å². The Morgan fingerprint density at radius 1 is 1.08 bits per heavy atom. The Labute approximate surface area is 80.0 Å². The lowest BCUT2D eigenvalue weighted by atomic mass is 9.93. The van der Waals surface area contributed by atoms with E-state index < -0.39 is 0 Å². The summed E-state index contributed by atoms with van der Waals surface area (Å²) in [5.74, 6) is 0. The number of rotatable bonds is 2. The first-order chi connectivity index (χ1) is 5.86. The fourth-order valence-electron chi connectivity index (χ4n) is 1.16. The molecular weight excluding hydrogens is 162 g/mol. The Bertz CT molecular complexity index is 272. The molecule has 0 heterocycles. The van der Waals surface area contributed by atoms with Crippen LogP contribution in [0.2, 0.25) is 0 Å². The molecule has 0 bridgehead atoms. The van der Waals surface area contributed by atoms with Crippen molar-refractivity contribution in [2.45, 2.75) is 19.4 Å². The topological polar surface area (TPSA) is 23.1 Å². The van der Waals surface area contributed by atoms with Gasteiger partial charge in [-0.2, -0.15) is 0 Å². The molecule has 13 heavy (non-hydrogen) atoms. The van der Waals surface area contributed by atoms with Crippen LogP contribution in [0.4, 0.5) is 0 Å². The molecule has 0 aliphatic heterocycles. The summed E-state index contributed by atoms with van der Waals surface area (Å²) >= 11 is 0. The number of benzene rings is 1. The molecule has 2 nitrogen and oxygen atoms in total. The molecule has 0 radical (unpaired) electrons. The molecular formula is C11H17NO. The number of hydrogen-bond acceptors (Lipinski definition) is 1. The molecule has 0 amide bonds. The molecule has 0 N–H and O–H groups in total. The van der Waals surface area contributed by atoms with Crippen LogP contribution in [0.15, 0.2) is 30.3 Å². The zero-order valence-electron chi connectivity index (χ0n) is 8.74. The number of nitrogens with zero attached hydrogens (tertiary/aromatic N) is 1. The highest BCUT2D eigenvalue weighted by molar-refractivity contribution is 5.20. The highest BCUT2D eigenvalue weighted by Gasteiger charge is 2.31. The molecule has 1 rings (SSSR count). The van der Waals surface area contributed by atoms with E-state index in [1.807, 2.05) is 44.2 Å². The van der Waals surface area contributed by atoms with Gasteiger partial charge in [0.15, 0.2) is 0 Å². The number of hydroxylamine groups is 3. The monoisotopic (exact) mass is 179 g/mol. The molecule has 0 aliphatic carbocycles. The Kier molecular flexibility index (Phi) is 2.46. The summed E-state index contributed by atoms with van der Waals surface area (Å²) in [6.07, 6.45) is 0. The lowest BCUT2D eigenvalue weighted by Crippen LogP contribution is -2.49. The average Bonchev–Trinajstić information content (AvgIpc) is 2.04. The Morgan fingerprint density at radius 3 is 1.92 bits per heavy atom. The minimum Gasteiger partial charge on any atom is -0.633 e. The maximum absolute atomic E-state index is 11.9. The summed E-state index contributed by atoms with van der Waals surface area (Å²) < 4.78 is -0.309. The molecule has 0 aromatic heterocycles. The minimum absolute atomic E-state index is 0.309. The van der Waals surface area contributed by atoms with E-state index in [9.17, 15) is 5.21 Å². The van der Waals surface area contributed by atoms with Crippen molar-refractivity contribution in [2.24, 2.45) is 0 Å². The average molecular weight is 179 g/mol. The second kappa shape index (κ2) is 3.13. The maximum atomic E-state index is 11.9. The van der Waals surface area contributed by atoms with E-state index in [4.69, 9.17) is 0 Å². The summed E-state index contributed by atoms with van der Waals surface area (Å²) in [6, 6.07) is 9.89. The van der Waals surface area contributed by atoms with Crippen molar-refractivity contribution in [3.05, 3.63) is 41.1 Å². The van der Waals surface area contributed by atoms with Crippen LogP contribution < -0.4 is 0 Å². The molecule has 1 aromatic rings. The summed E-state index contributed by atoms with van der Waals surface area (Å²) in [5, 5.41) is 11.9. The molecule has 0 saturated carbocycles. The quantitative estimate of drug-likeness (QED) is 0.505. The third-order valence-corrected chi connectivity index (χ3v) is 2.83. The molecule has 0 unspecified atom stereocenters. The summed E-state index contributed by atoms with van der Waals surface area (Å²) in [7, 11) is 3.35. The number of quaternary nitrogens is 1. The van der Waals surface area contributed by atoms with Crippen LogP contribution in [-0.4, -0.2) is 18.7 Å². The summed E-state index contributed by atoms with van der Waals surface area (Å²) in [5.41, 5.74) is 0.691. The fourth-order valence-corrected chi connectivity index (χ4v) is 1.16. The SMILES string of the molecule is CC(C)(c1ccccc1)[N+](C)(C)[O-]. The minimum atomic E-state index is -0.388. The summed E-state index contributed by atoms with van der Waals surface area (Å²) in [6.45, 7) is 3.94. The second-order valence-electron chi connectivity index (χ2n) is 4.28. The molecule has 0 aliphatic rings. The second-order valence-corrected chi connectivity index (χ2v) is 4.28. The fraction of sp³-hybridized carbons (Fsp3) is 0.455. The smallest absolute Gasteiger partial charge is 0.118 e. The van der Waals surface area contributed by atoms with Crippen LogP contribution in [-0.2, 0) is 5.54 Å². The van der Waals surface area contributed by atoms with Crippen molar-refractivity contribution in [3.8, 4) is 0 Å². The predicted octanol–water partition coefficient (Wildman–Crippen LogP) is 2.50. The van der Waals surface area contributed by atoms with Gasteiger partial charge in [0.2, 0.25) is 0 Å². The van der Waals surface area contributed by atoms with Crippen molar-refractivity contribution in [2.75, 3.05) is 14.1 Å². The van der Waals surface area contributed by atoms with Gasteiger partial charge in [0, 0.05) is 5.56 Å². The van der Waals surface area contributed by atoms with Gasteiger partial charge in [-0.15, -0.1) is 0 Å². The van der Waals surface area contributed by atoms with Crippen LogP contribution in [0.5, 0.6) is 0 Å². The van der Waals surface area contributed by atoms with Crippen molar-refractivity contribution in [3.63, 3.8) is 0 Å². The lowest BCUT2D eigenvalue weighted by molar-refractivity contribution is -0.899. The van der Waals surface area contributed by atoms with Crippen LogP contribution in [0, 0.1) is 5.21 Å². The van der Waals surface area contributed by atoms with Gasteiger partial charge in [0.05, 0.1) is 14.1 Å². The zero-order valence-corrected chi connectivity index (χ0v) is 8.74. The third kappa shape index (κ3) is 1.90. The standard InChI is InChI=1S/C11H17NO/c1-11(2,12(3,4)13)10-8-6-5-7-9-10/h5-9H,1-4H3. The van der Waals surface area contributed by atoms with Gasteiger partial charge in [-0.1, -0.05) is 30.3 Å². The van der Waals surface area contributed by atoms with Gasteiger partial charge in [0.25, 0.3) is 0 Å². The highest BCUT2D eigenvalue weighted by Crippen LogP contribution is 2.30. The normalized spacial score (nSPS) is 13.0. The van der Waals surface area contributed by atoms with Gasteiger partial charge >= 0.3 is 0 Å². The van der Waals surface area contributed by atoms with Gasteiger partial charge < -0.3 is 9.85 Å². The van der Waals surface area contributed by atoms with E-state index in [1.165, 1.54) is 0 Å². The summed E-state index contributed by atoms with van der Waals surface area (Å²) in [4.78, 5) is 0. The van der Waals surface area contributed by atoms with Crippen LogP contribution in [0.25, 0.3) is 0 Å². The lowest BCUT2D eigenvalue weighted by Gasteiger charge is -2.48. The molecule has 2 heteroatoms. The van der Waals surface area contributed by atoms with Crippen LogP contribution >= 0.6 is 0 Å². The molecule has 0 spiro atoms. The number of hydrogen-bond donors (Lipinski definition) is 0. The first-order valence-corrected chi connectivity index (χ1v) is 4.46. The Morgan fingerprint density at radius 2 is 1.54 bits per heavy atom. The molecule has 0 atom stereocenters. The van der Waals surface area contributed by atoms with Crippen LogP contribution in [0.1, 0.15) is 19.4 Å². The Hall–Kier alpha value is -0.860. The molecule has 72 valence electrons. The molecule has 0 fully saturated rings. The zero-order chi connectivity index (χ0) is 10.1. The van der Waals surface area contributed by atoms with Crippen molar-refractivity contribution in [1.82, 2.24) is 0 Å². The van der Waals surface area contributed by atoms with Crippen LogP contribution in [0.3, 0.4) is 0 Å². The Balaban J connectivity index is 3.08. The van der Waals surface area contributed by atoms with Gasteiger partial charge in [-0.3, -0.25) is 0 Å². The van der Waals surface area contributed by atoms with E-state index >= 15 is 0 Å². The largest absolute Gasteiger partial charge is 0.633 e. The van der Waals surface area contributed by atoms with Gasteiger partial charge in [-0.05, 0) is 13.8 Å². The molecule has 1 aromatic carbocycles. The first kappa shape index (κ1) is 10.2. The van der Waals surface area contributed by atoms with Gasteiger partial charge in [0.1, 0.15) is 5.54 Å². The third-order valence-electron chi connectivity index (χ3n) is 2.83. The van der Waals surface area contributed by atoms with E-state index in [0.29, 0.717) is 0 Å². The van der Waals surface area contributed by atoms with Crippen molar-refractivity contribution >= 4 is 0 Å².